The number of pyridine rings is 1. The van der Waals surface area contributed by atoms with E-state index >= 15 is 0 Å². The summed E-state index contributed by atoms with van der Waals surface area (Å²) >= 11 is 1.75. The molecule has 0 aliphatic carbocycles. The maximum Gasteiger partial charge on any atom is 0.162 e. The molecule has 0 amide bonds. The van der Waals surface area contributed by atoms with E-state index in [0.29, 0.717) is 5.82 Å². The molecule has 13 rings (SSSR count). The predicted molar refractivity (Wildman–Crippen MR) is 263 cm³/mol. The van der Waals surface area contributed by atoms with Gasteiger partial charge >= 0.3 is 0 Å². The quantitative estimate of drug-likeness (QED) is 0.168. The lowest BCUT2D eigenvalue weighted by Crippen LogP contribution is -2.02. The molecule has 0 fully saturated rings. The predicted octanol–water partition coefficient (Wildman–Crippen LogP) is 15.1. The van der Waals surface area contributed by atoms with E-state index in [4.69, 9.17) is 15.0 Å². The second kappa shape index (κ2) is 14.2. The van der Waals surface area contributed by atoms with E-state index in [1.807, 2.05) is 30.5 Å². The van der Waals surface area contributed by atoms with Gasteiger partial charge in [-0.05, 0) is 77.4 Å². The van der Waals surface area contributed by atoms with Gasteiger partial charge in [0.15, 0.2) is 5.82 Å². The Hall–Kier alpha value is -8.19. The highest BCUT2D eigenvalue weighted by molar-refractivity contribution is 7.25. The van der Waals surface area contributed by atoms with Gasteiger partial charge in [-0.3, -0.25) is 4.57 Å². The molecule has 6 heteroatoms. The summed E-state index contributed by atoms with van der Waals surface area (Å²) in [5.74, 6) is 1.53. The van der Waals surface area contributed by atoms with Crippen LogP contribution in [0.15, 0.2) is 212 Å². The van der Waals surface area contributed by atoms with E-state index < -0.39 is 0 Å². The van der Waals surface area contributed by atoms with Crippen molar-refractivity contribution in [2.24, 2.45) is 0 Å². The first-order valence-corrected chi connectivity index (χ1v) is 22.0. The van der Waals surface area contributed by atoms with Crippen LogP contribution in [-0.2, 0) is 0 Å². The van der Waals surface area contributed by atoms with Gasteiger partial charge < -0.3 is 4.57 Å². The molecular weight excluding hydrogens is 787 g/mol. The Morgan fingerprint density at radius 2 is 0.889 bits per heavy atom. The summed E-state index contributed by atoms with van der Waals surface area (Å²) in [5, 5.41) is 7.27. The highest BCUT2D eigenvalue weighted by atomic mass is 32.1. The zero-order valence-corrected chi connectivity index (χ0v) is 34.7. The third-order valence-corrected chi connectivity index (χ3v) is 13.5. The molecule has 0 radical (unpaired) electrons. The topological polar surface area (TPSA) is 48.5 Å². The summed E-state index contributed by atoms with van der Waals surface area (Å²) in [6.07, 6.45) is 2.00. The number of fused-ring (bicyclic) bond motifs is 9. The molecule has 8 aromatic carbocycles. The number of thiophene rings is 1. The van der Waals surface area contributed by atoms with Crippen molar-refractivity contribution in [1.29, 1.82) is 0 Å². The van der Waals surface area contributed by atoms with Gasteiger partial charge in [-0.2, -0.15) is 0 Å². The zero-order chi connectivity index (χ0) is 41.4. The summed E-state index contributed by atoms with van der Waals surface area (Å²) in [6, 6.07) is 73.6. The first kappa shape index (κ1) is 35.6. The molecule has 0 unspecified atom stereocenters. The van der Waals surface area contributed by atoms with Crippen molar-refractivity contribution >= 4 is 75.3 Å². The maximum absolute atomic E-state index is 5.23. The highest BCUT2D eigenvalue weighted by Crippen LogP contribution is 2.40. The normalized spacial score (nSPS) is 11.8. The van der Waals surface area contributed by atoms with Gasteiger partial charge in [0.05, 0.1) is 27.8 Å². The largest absolute Gasteiger partial charge is 0.309 e. The Morgan fingerprint density at radius 1 is 0.349 bits per heavy atom. The fourth-order valence-electron chi connectivity index (χ4n) is 9.42. The molecule has 13 aromatic rings. The van der Waals surface area contributed by atoms with Crippen molar-refractivity contribution in [1.82, 2.24) is 24.1 Å². The Kier molecular flexibility index (Phi) is 8.01. The van der Waals surface area contributed by atoms with Gasteiger partial charge in [-0.15, -0.1) is 11.3 Å². The average Bonchev–Trinajstić information content (AvgIpc) is 4.01. The second-order valence-electron chi connectivity index (χ2n) is 16.1. The fraction of sp³-hybridized carbons (Fsp3) is 0. The lowest BCUT2D eigenvalue weighted by Gasteiger charge is -2.12. The zero-order valence-electron chi connectivity index (χ0n) is 33.9. The molecule has 0 bridgehead atoms. The first-order valence-electron chi connectivity index (χ1n) is 21.2. The van der Waals surface area contributed by atoms with Crippen LogP contribution in [0.1, 0.15) is 0 Å². The van der Waals surface area contributed by atoms with Crippen LogP contribution < -0.4 is 0 Å². The van der Waals surface area contributed by atoms with Gasteiger partial charge in [0, 0.05) is 71.7 Å². The third-order valence-electron chi connectivity index (χ3n) is 12.4. The van der Waals surface area contributed by atoms with E-state index in [-0.39, 0.29) is 0 Å². The van der Waals surface area contributed by atoms with Crippen LogP contribution >= 0.6 is 11.3 Å². The Morgan fingerprint density at radius 3 is 1.59 bits per heavy atom. The molecule has 0 saturated heterocycles. The van der Waals surface area contributed by atoms with Gasteiger partial charge in [0.25, 0.3) is 0 Å². The molecule has 0 N–H and O–H groups in total. The van der Waals surface area contributed by atoms with Crippen molar-refractivity contribution < 1.29 is 0 Å². The molecule has 0 saturated carbocycles. The molecule has 5 aromatic heterocycles. The number of aromatic nitrogens is 5. The van der Waals surface area contributed by atoms with Crippen LogP contribution in [0.2, 0.25) is 0 Å². The Bertz CT molecular complexity index is 3840. The molecule has 0 aliphatic rings. The number of hydrogen-bond donors (Lipinski definition) is 0. The van der Waals surface area contributed by atoms with Crippen molar-refractivity contribution in [3.05, 3.63) is 212 Å². The van der Waals surface area contributed by atoms with Crippen LogP contribution in [0.4, 0.5) is 0 Å². The Balaban J connectivity index is 0.915. The number of para-hydroxylation sites is 2. The summed E-state index contributed by atoms with van der Waals surface area (Å²) in [7, 11) is 0. The van der Waals surface area contributed by atoms with E-state index in [1.165, 1.54) is 53.6 Å². The number of rotatable bonds is 6. The van der Waals surface area contributed by atoms with Crippen molar-refractivity contribution in [3.63, 3.8) is 0 Å². The van der Waals surface area contributed by atoms with Gasteiger partial charge in [0.2, 0.25) is 0 Å². The minimum Gasteiger partial charge on any atom is -0.309 e. The van der Waals surface area contributed by atoms with Gasteiger partial charge in [0.1, 0.15) is 10.6 Å². The summed E-state index contributed by atoms with van der Waals surface area (Å²) in [5.41, 5.74) is 13.2. The number of hydrogen-bond acceptors (Lipinski definition) is 4. The molecule has 294 valence electrons. The van der Waals surface area contributed by atoms with Gasteiger partial charge in [-0.25, -0.2) is 15.0 Å². The molecule has 0 atom stereocenters. The maximum atomic E-state index is 5.23. The lowest BCUT2D eigenvalue weighted by atomic mass is 10.0. The molecule has 0 spiro atoms. The Labute approximate surface area is 366 Å². The first-order chi connectivity index (χ1) is 31.2. The highest BCUT2D eigenvalue weighted by Gasteiger charge is 2.19. The molecule has 5 heterocycles. The monoisotopic (exact) mass is 821 g/mol. The van der Waals surface area contributed by atoms with Crippen LogP contribution in [-0.4, -0.2) is 24.1 Å². The van der Waals surface area contributed by atoms with Crippen LogP contribution in [0.3, 0.4) is 0 Å². The van der Waals surface area contributed by atoms with E-state index in [2.05, 4.69) is 191 Å². The van der Waals surface area contributed by atoms with E-state index in [0.717, 1.165) is 60.9 Å². The second-order valence-corrected chi connectivity index (χ2v) is 17.1. The molecule has 63 heavy (non-hydrogen) atoms. The van der Waals surface area contributed by atoms with Crippen LogP contribution in [0, 0.1) is 0 Å². The SMILES string of the molecule is c1ccc(-c2cc(-n3c4ccccc4c4cc(-c5ccc6c(c5)c5ccccc5n6-c5ccc(-c6cnc7sc8ccccc8c7c6)cc5)ccc43)nc(-c3ccccc3)n2)cc1. The number of nitrogens with zero attached hydrogens (tertiary/aromatic N) is 5. The van der Waals surface area contributed by atoms with Crippen molar-refractivity contribution in [2.45, 2.75) is 0 Å². The van der Waals surface area contributed by atoms with Gasteiger partial charge in [-0.1, -0.05) is 140 Å². The molecular formula is C57H35N5S. The van der Waals surface area contributed by atoms with E-state index in [9.17, 15) is 0 Å². The minimum atomic E-state index is 0.694. The third kappa shape index (κ3) is 5.80. The smallest absolute Gasteiger partial charge is 0.162 e. The van der Waals surface area contributed by atoms with Crippen LogP contribution in [0.25, 0.3) is 120 Å². The van der Waals surface area contributed by atoms with Crippen LogP contribution in [0.5, 0.6) is 0 Å². The molecule has 0 aliphatic heterocycles. The van der Waals surface area contributed by atoms with E-state index in [1.54, 1.807) is 11.3 Å². The van der Waals surface area contributed by atoms with Crippen molar-refractivity contribution in [3.8, 4) is 56.4 Å². The summed E-state index contributed by atoms with van der Waals surface area (Å²) in [6.45, 7) is 0. The minimum absolute atomic E-state index is 0.694. The molecule has 5 nitrogen and oxygen atoms in total. The summed E-state index contributed by atoms with van der Waals surface area (Å²) in [4.78, 5) is 16.2. The summed E-state index contributed by atoms with van der Waals surface area (Å²) < 4.78 is 5.94. The fourth-order valence-corrected chi connectivity index (χ4v) is 10.4. The number of benzene rings is 8. The lowest BCUT2D eigenvalue weighted by molar-refractivity contribution is 1.05. The standard InChI is InChI=1S/C57H35N5S/c1-3-13-37(14-4-1)49-34-55(60-56(59-49)38-15-5-2-6-16-38)62-51-21-11-8-18-44(51)47-32-40(26-30-53(47)62)39-25-29-52-46(31-39)43-17-7-10-20-50(43)61(52)42-27-23-36(24-28-42)41-33-48-45-19-9-12-22-54(45)63-57(48)58-35-41/h1-35H. The average molecular weight is 822 g/mol. The van der Waals surface area contributed by atoms with Crippen molar-refractivity contribution in [2.75, 3.05) is 0 Å².